The molecule has 3 aromatic rings. The Kier molecular flexibility index (Phi) is 2.52. The minimum absolute atomic E-state index is 0.180. The molecule has 0 saturated carbocycles. The van der Waals surface area contributed by atoms with E-state index in [-0.39, 0.29) is 5.91 Å². The van der Waals surface area contributed by atoms with Crippen molar-refractivity contribution in [1.29, 1.82) is 0 Å². The maximum Gasteiger partial charge on any atom is 0.235 e. The van der Waals surface area contributed by atoms with Crippen LogP contribution in [-0.2, 0) is 4.79 Å². The van der Waals surface area contributed by atoms with E-state index in [0.717, 1.165) is 20.4 Å². The fourth-order valence-corrected chi connectivity index (χ4v) is 2.69. The zero-order valence-electron chi connectivity index (χ0n) is 9.47. The van der Waals surface area contributed by atoms with Gasteiger partial charge >= 0.3 is 0 Å². The lowest BCUT2D eigenvalue weighted by molar-refractivity contribution is -0.118. The largest absolute Gasteiger partial charge is 0.281 e. The molecule has 0 atom stereocenters. The van der Waals surface area contributed by atoms with Crippen LogP contribution in [0.15, 0.2) is 24.7 Å². The van der Waals surface area contributed by atoms with Crippen LogP contribution in [0, 0.1) is 0 Å². The highest BCUT2D eigenvalue weighted by atomic mass is 32.1. The third-order valence-electron chi connectivity index (χ3n) is 2.39. The molecular formula is C11H9N5OS. The Balaban J connectivity index is 2.18. The van der Waals surface area contributed by atoms with Crippen LogP contribution in [0.3, 0.4) is 0 Å². The van der Waals surface area contributed by atoms with Gasteiger partial charge in [0.25, 0.3) is 0 Å². The van der Waals surface area contributed by atoms with E-state index in [0.29, 0.717) is 5.82 Å². The number of fused-ring (bicyclic) bond motifs is 3. The topological polar surface area (TPSA) is 79.8 Å². The minimum Gasteiger partial charge on any atom is -0.281 e. The number of anilines is 1. The van der Waals surface area contributed by atoms with Crippen LogP contribution in [0.4, 0.5) is 5.82 Å². The van der Waals surface area contributed by atoms with Gasteiger partial charge < -0.3 is 0 Å². The summed E-state index contributed by atoms with van der Waals surface area (Å²) in [4.78, 5) is 24.5. The molecule has 1 amide bonds. The van der Waals surface area contributed by atoms with Gasteiger partial charge in [-0.3, -0.25) is 15.6 Å². The van der Waals surface area contributed by atoms with E-state index in [9.17, 15) is 4.79 Å². The molecule has 0 spiro atoms. The number of amides is 1. The molecule has 0 fully saturated rings. The second kappa shape index (κ2) is 4.19. The SMILES string of the molecule is CC(=O)NNc1ncnc2c1sc1ncccc12. The number of pyridine rings is 1. The van der Waals surface area contributed by atoms with Crippen LogP contribution in [0.5, 0.6) is 0 Å². The van der Waals surface area contributed by atoms with Crippen LogP contribution in [0.25, 0.3) is 20.4 Å². The number of hydrogen-bond acceptors (Lipinski definition) is 6. The number of carbonyl (C=O) groups is 1. The average molecular weight is 259 g/mol. The van der Waals surface area contributed by atoms with Gasteiger partial charge in [0.2, 0.25) is 5.91 Å². The van der Waals surface area contributed by atoms with E-state index in [1.807, 2.05) is 12.1 Å². The molecule has 2 N–H and O–H groups in total. The Morgan fingerprint density at radius 3 is 3.06 bits per heavy atom. The maximum absolute atomic E-state index is 10.9. The molecular weight excluding hydrogens is 250 g/mol. The van der Waals surface area contributed by atoms with Crippen LogP contribution in [0.2, 0.25) is 0 Å². The number of nitrogens with zero attached hydrogens (tertiary/aromatic N) is 3. The third-order valence-corrected chi connectivity index (χ3v) is 3.50. The van der Waals surface area contributed by atoms with Crippen molar-refractivity contribution in [3.05, 3.63) is 24.7 Å². The van der Waals surface area contributed by atoms with Crippen molar-refractivity contribution in [2.45, 2.75) is 6.92 Å². The van der Waals surface area contributed by atoms with E-state index >= 15 is 0 Å². The second-order valence-corrected chi connectivity index (χ2v) is 4.66. The number of nitrogens with one attached hydrogen (secondary N) is 2. The van der Waals surface area contributed by atoms with E-state index in [1.54, 1.807) is 6.20 Å². The summed E-state index contributed by atoms with van der Waals surface area (Å²) in [6.07, 6.45) is 3.21. The van der Waals surface area contributed by atoms with Crippen LogP contribution in [-0.4, -0.2) is 20.9 Å². The Bertz CT molecular complexity index is 738. The molecule has 0 aromatic carbocycles. The quantitative estimate of drug-likeness (QED) is 0.685. The molecule has 90 valence electrons. The van der Waals surface area contributed by atoms with Gasteiger partial charge in [-0.05, 0) is 12.1 Å². The first-order chi connectivity index (χ1) is 8.75. The smallest absolute Gasteiger partial charge is 0.235 e. The Labute approximate surface area is 106 Å². The summed E-state index contributed by atoms with van der Waals surface area (Å²) in [6, 6.07) is 3.84. The zero-order valence-corrected chi connectivity index (χ0v) is 10.3. The fraction of sp³-hybridized carbons (Fsp3) is 0.0909. The minimum atomic E-state index is -0.180. The maximum atomic E-state index is 10.9. The van der Waals surface area contributed by atoms with Crippen LogP contribution >= 0.6 is 11.3 Å². The molecule has 3 heterocycles. The molecule has 0 unspecified atom stereocenters. The lowest BCUT2D eigenvalue weighted by atomic mass is 10.3. The van der Waals surface area contributed by atoms with Gasteiger partial charge in [-0.15, -0.1) is 11.3 Å². The van der Waals surface area contributed by atoms with E-state index < -0.39 is 0 Å². The highest BCUT2D eigenvalue weighted by Gasteiger charge is 2.11. The lowest BCUT2D eigenvalue weighted by Gasteiger charge is -2.05. The molecule has 0 aliphatic heterocycles. The number of hydrazine groups is 1. The third kappa shape index (κ3) is 1.74. The Hall–Kier alpha value is -2.28. The molecule has 3 aromatic heterocycles. The summed E-state index contributed by atoms with van der Waals surface area (Å²) in [5, 5.41) is 0.991. The first-order valence-corrected chi connectivity index (χ1v) is 6.08. The summed E-state index contributed by atoms with van der Waals surface area (Å²) in [6.45, 7) is 1.43. The predicted octanol–water partition coefficient (Wildman–Crippen LogP) is 1.70. The number of rotatable bonds is 2. The monoisotopic (exact) mass is 259 g/mol. The molecule has 0 saturated heterocycles. The fourth-order valence-electron chi connectivity index (χ4n) is 1.65. The first kappa shape index (κ1) is 10.8. The van der Waals surface area contributed by atoms with Crippen LogP contribution in [0.1, 0.15) is 6.92 Å². The summed E-state index contributed by atoms with van der Waals surface area (Å²) in [5.74, 6) is 0.402. The van der Waals surface area contributed by atoms with Gasteiger partial charge in [-0.1, -0.05) is 0 Å². The van der Waals surface area contributed by atoms with Crippen molar-refractivity contribution in [2.75, 3.05) is 5.43 Å². The summed E-state index contributed by atoms with van der Waals surface area (Å²) >= 11 is 1.49. The lowest BCUT2D eigenvalue weighted by Crippen LogP contribution is -2.27. The van der Waals surface area contributed by atoms with Gasteiger partial charge in [-0.25, -0.2) is 15.0 Å². The first-order valence-electron chi connectivity index (χ1n) is 5.26. The number of hydrogen-bond donors (Lipinski definition) is 2. The standard InChI is InChI=1S/C11H9N5OS/c1-6(17)15-16-10-9-8(13-5-14-10)7-3-2-4-12-11(7)18-9/h2-5H,1H3,(H,15,17)(H,13,14,16). The summed E-state index contributed by atoms with van der Waals surface area (Å²) < 4.78 is 0.875. The van der Waals surface area contributed by atoms with E-state index in [2.05, 4.69) is 25.8 Å². The molecule has 0 aliphatic carbocycles. The van der Waals surface area contributed by atoms with Crippen molar-refractivity contribution in [1.82, 2.24) is 20.4 Å². The van der Waals surface area contributed by atoms with Crippen molar-refractivity contribution >= 4 is 43.5 Å². The molecule has 0 aliphatic rings. The molecule has 6 nitrogen and oxygen atoms in total. The predicted molar refractivity (Wildman–Crippen MR) is 70.2 cm³/mol. The Morgan fingerprint density at radius 2 is 2.22 bits per heavy atom. The number of thiophene rings is 1. The van der Waals surface area contributed by atoms with Crippen LogP contribution < -0.4 is 10.9 Å². The van der Waals surface area contributed by atoms with Crippen molar-refractivity contribution < 1.29 is 4.79 Å². The Morgan fingerprint density at radius 1 is 1.33 bits per heavy atom. The molecule has 7 heteroatoms. The highest BCUT2D eigenvalue weighted by Crippen LogP contribution is 2.33. The van der Waals surface area contributed by atoms with Gasteiger partial charge in [0, 0.05) is 18.5 Å². The zero-order chi connectivity index (χ0) is 12.5. The van der Waals surface area contributed by atoms with Crippen molar-refractivity contribution in [2.24, 2.45) is 0 Å². The number of aromatic nitrogens is 3. The average Bonchev–Trinajstić information content (AvgIpc) is 2.75. The van der Waals surface area contributed by atoms with Crippen molar-refractivity contribution in [3.63, 3.8) is 0 Å². The van der Waals surface area contributed by atoms with Gasteiger partial charge in [0.1, 0.15) is 11.2 Å². The molecule has 18 heavy (non-hydrogen) atoms. The van der Waals surface area contributed by atoms with Gasteiger partial charge in [0.15, 0.2) is 5.82 Å². The number of carbonyl (C=O) groups excluding carboxylic acids is 1. The second-order valence-electron chi connectivity index (χ2n) is 3.66. The van der Waals surface area contributed by atoms with Gasteiger partial charge in [-0.2, -0.15) is 0 Å². The molecule has 0 radical (unpaired) electrons. The van der Waals surface area contributed by atoms with Crippen molar-refractivity contribution in [3.8, 4) is 0 Å². The summed E-state index contributed by atoms with van der Waals surface area (Å²) in [7, 11) is 0. The molecule has 3 rings (SSSR count). The van der Waals surface area contributed by atoms with E-state index in [4.69, 9.17) is 0 Å². The molecule has 0 bridgehead atoms. The summed E-state index contributed by atoms with van der Waals surface area (Å²) in [5.41, 5.74) is 6.12. The highest BCUT2D eigenvalue weighted by molar-refractivity contribution is 7.25. The van der Waals surface area contributed by atoms with E-state index in [1.165, 1.54) is 24.6 Å². The normalized spacial score (nSPS) is 10.7. The van der Waals surface area contributed by atoms with Gasteiger partial charge in [0.05, 0.1) is 10.2 Å².